The van der Waals surface area contributed by atoms with Gasteiger partial charge in [-0.05, 0) is 38.5 Å². The lowest BCUT2D eigenvalue weighted by atomic mass is 10.0. The lowest BCUT2D eigenvalue weighted by molar-refractivity contribution is -0.137. The van der Waals surface area contributed by atoms with Crippen LogP contribution in [0.5, 0.6) is 0 Å². The van der Waals surface area contributed by atoms with Gasteiger partial charge in [-0.3, -0.25) is 4.79 Å². The van der Waals surface area contributed by atoms with Crippen LogP contribution in [0, 0.1) is 0 Å². The first-order valence-electron chi connectivity index (χ1n) is 6.47. The lowest BCUT2D eigenvalue weighted by Gasteiger charge is -2.24. The zero-order valence-corrected chi connectivity index (χ0v) is 12.8. The van der Waals surface area contributed by atoms with Crippen molar-refractivity contribution < 1.29 is 18.0 Å². The van der Waals surface area contributed by atoms with Gasteiger partial charge in [0.1, 0.15) is 0 Å². The molecule has 3 nitrogen and oxygen atoms in total. The molecule has 0 bridgehead atoms. The van der Waals surface area contributed by atoms with Crippen molar-refractivity contribution in [1.82, 2.24) is 5.32 Å². The number of nitrogens with one attached hydrogen (secondary N) is 2. The Morgan fingerprint density at radius 1 is 1.29 bits per heavy atom. The van der Waals surface area contributed by atoms with Crippen molar-refractivity contribution in [2.75, 3.05) is 11.9 Å². The number of rotatable bonds is 5. The highest BCUT2D eigenvalue weighted by Crippen LogP contribution is 2.36. The molecule has 0 aliphatic rings. The Labute approximate surface area is 126 Å². The third kappa shape index (κ3) is 5.46. The highest BCUT2D eigenvalue weighted by Gasteiger charge is 2.33. The Morgan fingerprint density at radius 2 is 1.90 bits per heavy atom. The number of amides is 1. The van der Waals surface area contributed by atoms with E-state index in [1.165, 1.54) is 6.07 Å². The number of alkyl halides is 3. The third-order valence-electron chi connectivity index (χ3n) is 3.09. The molecule has 1 rings (SSSR count). The summed E-state index contributed by atoms with van der Waals surface area (Å²) in [7, 11) is 0. The minimum Gasteiger partial charge on any atom is -0.376 e. The summed E-state index contributed by atoms with van der Waals surface area (Å²) in [5.41, 5.74) is -1.09. The second-order valence-corrected chi connectivity index (χ2v) is 5.74. The predicted octanol–water partition coefficient (Wildman–Crippen LogP) is 4.08. The first kappa shape index (κ1) is 17.6. The fourth-order valence-electron chi connectivity index (χ4n) is 1.54. The van der Waals surface area contributed by atoms with Gasteiger partial charge in [-0.25, -0.2) is 0 Å². The number of anilines is 1. The maximum atomic E-state index is 12.7. The molecule has 1 amide bonds. The fourth-order valence-corrected chi connectivity index (χ4v) is 1.77. The molecular formula is C14H18ClF3N2O. The quantitative estimate of drug-likeness (QED) is 0.857. The summed E-state index contributed by atoms with van der Waals surface area (Å²) in [6.45, 7) is 5.56. The Balaban J connectivity index is 2.71. The molecule has 0 aliphatic heterocycles. The van der Waals surface area contributed by atoms with E-state index in [2.05, 4.69) is 10.6 Å². The molecule has 118 valence electrons. The Bertz CT molecular complexity index is 515. The molecule has 0 unspecified atom stereocenters. The molecule has 0 heterocycles. The number of hydrogen-bond donors (Lipinski definition) is 2. The molecule has 0 saturated carbocycles. The van der Waals surface area contributed by atoms with E-state index in [-0.39, 0.29) is 28.7 Å². The van der Waals surface area contributed by atoms with Gasteiger partial charge in [0.25, 0.3) is 0 Å². The molecule has 1 aromatic rings. The van der Waals surface area contributed by atoms with Gasteiger partial charge in [-0.2, -0.15) is 13.2 Å². The smallest absolute Gasteiger partial charge is 0.376 e. The van der Waals surface area contributed by atoms with Crippen molar-refractivity contribution >= 4 is 23.2 Å². The summed E-state index contributed by atoms with van der Waals surface area (Å²) in [5.74, 6) is -0.287. The van der Waals surface area contributed by atoms with Crippen LogP contribution in [-0.4, -0.2) is 18.0 Å². The van der Waals surface area contributed by atoms with Crippen LogP contribution in [0.4, 0.5) is 18.9 Å². The molecule has 0 radical (unpaired) electrons. The van der Waals surface area contributed by atoms with Crippen LogP contribution in [0.15, 0.2) is 18.2 Å². The number of carbonyl (C=O) groups excluding carboxylic acids is 1. The van der Waals surface area contributed by atoms with Gasteiger partial charge in [0, 0.05) is 11.2 Å². The third-order valence-corrected chi connectivity index (χ3v) is 3.42. The normalized spacial score (nSPS) is 12.1. The first-order chi connectivity index (χ1) is 9.55. The molecule has 21 heavy (non-hydrogen) atoms. The van der Waals surface area contributed by atoms with E-state index < -0.39 is 11.7 Å². The maximum Gasteiger partial charge on any atom is 0.417 e. The van der Waals surface area contributed by atoms with Gasteiger partial charge >= 0.3 is 6.18 Å². The minimum atomic E-state index is -4.53. The van der Waals surface area contributed by atoms with Gasteiger partial charge in [0.05, 0.1) is 17.1 Å². The average Bonchev–Trinajstić information content (AvgIpc) is 2.36. The van der Waals surface area contributed by atoms with Crippen molar-refractivity contribution in [2.24, 2.45) is 0 Å². The molecule has 0 spiro atoms. The zero-order valence-electron chi connectivity index (χ0n) is 12.1. The highest BCUT2D eigenvalue weighted by molar-refractivity contribution is 6.31. The zero-order chi connectivity index (χ0) is 16.3. The summed E-state index contributed by atoms with van der Waals surface area (Å²) >= 11 is 5.52. The van der Waals surface area contributed by atoms with Crippen LogP contribution < -0.4 is 10.6 Å². The molecule has 0 aliphatic carbocycles. The molecule has 1 aromatic carbocycles. The summed E-state index contributed by atoms with van der Waals surface area (Å²) in [6, 6.07) is 3.44. The summed E-state index contributed by atoms with van der Waals surface area (Å²) in [4.78, 5) is 11.7. The average molecular weight is 323 g/mol. The first-order valence-corrected chi connectivity index (χ1v) is 6.84. The van der Waals surface area contributed by atoms with E-state index in [4.69, 9.17) is 11.6 Å². The Hall–Kier alpha value is -1.43. The van der Waals surface area contributed by atoms with E-state index in [0.29, 0.717) is 0 Å². The highest BCUT2D eigenvalue weighted by atomic mass is 35.5. The molecule has 0 atom stereocenters. The van der Waals surface area contributed by atoms with Gasteiger partial charge in [-0.1, -0.05) is 18.5 Å². The van der Waals surface area contributed by atoms with Crippen LogP contribution in [-0.2, 0) is 11.0 Å². The Kier molecular flexibility index (Phi) is 5.50. The van der Waals surface area contributed by atoms with Crippen LogP contribution in [0.25, 0.3) is 0 Å². The lowest BCUT2D eigenvalue weighted by Crippen LogP contribution is -2.45. The van der Waals surface area contributed by atoms with E-state index in [1.807, 2.05) is 20.8 Å². The van der Waals surface area contributed by atoms with Crippen molar-refractivity contribution in [3.63, 3.8) is 0 Å². The number of benzene rings is 1. The van der Waals surface area contributed by atoms with Crippen molar-refractivity contribution in [3.8, 4) is 0 Å². The molecule has 7 heteroatoms. The van der Waals surface area contributed by atoms with Gasteiger partial charge in [-0.15, -0.1) is 0 Å². The van der Waals surface area contributed by atoms with Crippen LogP contribution >= 0.6 is 11.6 Å². The van der Waals surface area contributed by atoms with E-state index >= 15 is 0 Å². The fraction of sp³-hybridized carbons (Fsp3) is 0.500. The topological polar surface area (TPSA) is 41.1 Å². The molecule has 0 fully saturated rings. The maximum absolute atomic E-state index is 12.7. The monoisotopic (exact) mass is 322 g/mol. The van der Waals surface area contributed by atoms with Crippen LogP contribution in [0.3, 0.4) is 0 Å². The standard InChI is InChI=1S/C14H18ClF3N2O/c1-4-13(2,3)20-12(21)8-19-9-5-6-11(15)10(7-9)14(16,17)18/h5-7,19H,4,8H2,1-3H3,(H,20,21). The molecular weight excluding hydrogens is 305 g/mol. The van der Waals surface area contributed by atoms with Gasteiger partial charge < -0.3 is 10.6 Å². The summed E-state index contributed by atoms with van der Waals surface area (Å²) < 4.78 is 38.1. The van der Waals surface area contributed by atoms with Gasteiger partial charge in [0.15, 0.2) is 0 Å². The van der Waals surface area contributed by atoms with Crippen LogP contribution in [0.2, 0.25) is 5.02 Å². The number of halogens is 4. The predicted molar refractivity (Wildman–Crippen MR) is 77.5 cm³/mol. The second-order valence-electron chi connectivity index (χ2n) is 5.33. The number of hydrogen-bond acceptors (Lipinski definition) is 2. The van der Waals surface area contributed by atoms with Crippen molar-refractivity contribution in [2.45, 2.75) is 38.9 Å². The van der Waals surface area contributed by atoms with Crippen LogP contribution in [0.1, 0.15) is 32.8 Å². The molecule has 0 aromatic heterocycles. The second kappa shape index (κ2) is 6.56. The van der Waals surface area contributed by atoms with E-state index in [1.54, 1.807) is 0 Å². The van der Waals surface area contributed by atoms with E-state index in [9.17, 15) is 18.0 Å². The Morgan fingerprint density at radius 3 is 2.43 bits per heavy atom. The van der Waals surface area contributed by atoms with Gasteiger partial charge in [0.2, 0.25) is 5.91 Å². The van der Waals surface area contributed by atoms with Crippen molar-refractivity contribution in [3.05, 3.63) is 28.8 Å². The summed E-state index contributed by atoms with van der Waals surface area (Å²) in [6.07, 6.45) is -3.78. The number of carbonyl (C=O) groups is 1. The summed E-state index contributed by atoms with van der Waals surface area (Å²) in [5, 5.41) is 5.07. The molecule has 2 N–H and O–H groups in total. The molecule has 0 saturated heterocycles. The van der Waals surface area contributed by atoms with E-state index in [0.717, 1.165) is 18.6 Å². The largest absolute Gasteiger partial charge is 0.417 e. The minimum absolute atomic E-state index is 0.109. The SMILES string of the molecule is CCC(C)(C)NC(=O)CNc1ccc(Cl)c(C(F)(F)F)c1. The van der Waals surface area contributed by atoms with Crippen molar-refractivity contribution in [1.29, 1.82) is 0 Å².